The number of hydroxylamine groups is 1. The van der Waals surface area contributed by atoms with Crippen molar-refractivity contribution in [1.29, 1.82) is 0 Å². The van der Waals surface area contributed by atoms with Crippen molar-refractivity contribution in [3.8, 4) is 0 Å². The Morgan fingerprint density at radius 1 is 1.25 bits per heavy atom. The fourth-order valence-corrected chi connectivity index (χ4v) is 4.26. The largest absolute Gasteiger partial charge is 0.331 e. The van der Waals surface area contributed by atoms with Crippen LogP contribution in [0.4, 0.5) is 4.79 Å². The first-order chi connectivity index (χ1) is 14.9. The first-order valence-corrected chi connectivity index (χ1v) is 10.8. The number of amides is 5. The second kappa shape index (κ2) is 8.54. The van der Waals surface area contributed by atoms with E-state index in [1.807, 2.05) is 25.1 Å². The Hall–Kier alpha value is -2.94. The van der Waals surface area contributed by atoms with E-state index in [0.29, 0.717) is 19.3 Å². The zero-order valence-corrected chi connectivity index (χ0v) is 19.3. The number of nitrogens with one attached hydrogen (secondary N) is 1. The van der Waals surface area contributed by atoms with Gasteiger partial charge >= 0.3 is 6.03 Å². The number of likely N-dealkylation sites (N-methyl/N-ethyl adjacent to an activating group) is 2. The maximum Gasteiger partial charge on any atom is 0.327 e. The average molecular weight is 445 g/mol. The topological polar surface area (TPSA) is 110 Å². The minimum absolute atomic E-state index is 0.217. The molecule has 1 saturated heterocycles. The summed E-state index contributed by atoms with van der Waals surface area (Å²) in [5.74, 6) is -1.52. The monoisotopic (exact) mass is 444 g/mol. The van der Waals surface area contributed by atoms with Crippen LogP contribution < -0.4 is 5.48 Å². The van der Waals surface area contributed by atoms with Crippen LogP contribution >= 0.6 is 0 Å². The molecule has 0 aromatic heterocycles. The van der Waals surface area contributed by atoms with Crippen LogP contribution in [0.1, 0.15) is 44.2 Å². The Kier molecular flexibility index (Phi) is 6.33. The molecular formula is C23H32N4O5. The molecule has 1 unspecified atom stereocenters. The lowest BCUT2D eigenvalue weighted by molar-refractivity contribution is -0.148. The molecular weight excluding hydrogens is 412 g/mol. The SMILES string of the molecule is Cc1cccc(CCC2(C(=O)N(C)C(CN3C(=O)N(C)C(C)(C)C3=O)C(=O)NO)CC2)c1. The molecule has 32 heavy (non-hydrogen) atoms. The molecule has 1 aliphatic carbocycles. The number of carbonyl (C=O) groups excluding carboxylic acids is 4. The van der Waals surface area contributed by atoms with Gasteiger partial charge in [-0.1, -0.05) is 29.8 Å². The normalized spacial score (nSPS) is 19.7. The van der Waals surface area contributed by atoms with Crippen molar-refractivity contribution < 1.29 is 24.4 Å². The number of nitrogens with zero attached hydrogens (tertiary/aromatic N) is 3. The van der Waals surface area contributed by atoms with Crippen molar-refractivity contribution in [2.24, 2.45) is 5.41 Å². The molecule has 9 heteroatoms. The molecule has 2 N–H and O–H groups in total. The van der Waals surface area contributed by atoms with Crippen LogP contribution in [0, 0.1) is 12.3 Å². The van der Waals surface area contributed by atoms with Gasteiger partial charge in [0.1, 0.15) is 11.6 Å². The van der Waals surface area contributed by atoms with Gasteiger partial charge in [0.15, 0.2) is 0 Å². The van der Waals surface area contributed by atoms with Crippen LogP contribution in [0.5, 0.6) is 0 Å². The van der Waals surface area contributed by atoms with Gasteiger partial charge < -0.3 is 9.80 Å². The maximum absolute atomic E-state index is 13.4. The van der Waals surface area contributed by atoms with E-state index in [0.717, 1.165) is 22.4 Å². The minimum Gasteiger partial charge on any atom is -0.331 e. The van der Waals surface area contributed by atoms with Gasteiger partial charge in [-0.15, -0.1) is 0 Å². The molecule has 2 fully saturated rings. The van der Waals surface area contributed by atoms with Crippen LogP contribution in [-0.2, 0) is 20.8 Å². The van der Waals surface area contributed by atoms with Crippen molar-refractivity contribution in [3.63, 3.8) is 0 Å². The third kappa shape index (κ3) is 4.21. The van der Waals surface area contributed by atoms with Gasteiger partial charge in [0.05, 0.1) is 6.54 Å². The molecule has 3 rings (SSSR count). The summed E-state index contributed by atoms with van der Waals surface area (Å²) in [6.45, 7) is 4.93. The van der Waals surface area contributed by atoms with Crippen molar-refractivity contribution in [1.82, 2.24) is 20.2 Å². The number of hydrogen-bond acceptors (Lipinski definition) is 5. The second-order valence-corrected chi connectivity index (χ2v) is 9.49. The third-order valence-corrected chi connectivity index (χ3v) is 6.96. The lowest BCUT2D eigenvalue weighted by atomic mass is 9.94. The molecule has 9 nitrogen and oxygen atoms in total. The summed E-state index contributed by atoms with van der Waals surface area (Å²) in [5, 5.41) is 9.26. The molecule has 2 aliphatic rings. The summed E-state index contributed by atoms with van der Waals surface area (Å²) < 4.78 is 0. The highest BCUT2D eigenvalue weighted by molar-refractivity contribution is 6.07. The fourth-order valence-electron chi connectivity index (χ4n) is 4.26. The highest BCUT2D eigenvalue weighted by atomic mass is 16.5. The molecule has 174 valence electrons. The van der Waals surface area contributed by atoms with Crippen LogP contribution in [0.3, 0.4) is 0 Å². The molecule has 1 aliphatic heterocycles. The molecule has 1 saturated carbocycles. The quantitative estimate of drug-likeness (QED) is 0.360. The Bertz CT molecular complexity index is 940. The molecule has 1 atom stereocenters. The van der Waals surface area contributed by atoms with Crippen molar-refractivity contribution in [2.45, 2.75) is 58.0 Å². The van der Waals surface area contributed by atoms with Crippen LogP contribution in [0.15, 0.2) is 24.3 Å². The molecule has 1 aromatic carbocycles. The smallest absolute Gasteiger partial charge is 0.327 e. The van der Waals surface area contributed by atoms with Gasteiger partial charge in [-0.05, 0) is 52.0 Å². The fraction of sp³-hybridized carbons (Fsp3) is 0.565. The summed E-state index contributed by atoms with van der Waals surface area (Å²) in [6.07, 6.45) is 2.81. The van der Waals surface area contributed by atoms with E-state index < -0.39 is 34.8 Å². The lowest BCUT2D eigenvalue weighted by Crippen LogP contribution is -2.55. The van der Waals surface area contributed by atoms with Gasteiger partial charge in [0.2, 0.25) is 5.91 Å². The van der Waals surface area contributed by atoms with E-state index in [1.165, 1.54) is 23.9 Å². The van der Waals surface area contributed by atoms with Gasteiger partial charge in [0, 0.05) is 19.5 Å². The van der Waals surface area contributed by atoms with Gasteiger partial charge in [-0.3, -0.25) is 24.5 Å². The number of aryl methyl sites for hydroxylation is 2. The number of urea groups is 1. The maximum atomic E-state index is 13.4. The first-order valence-electron chi connectivity index (χ1n) is 10.8. The molecule has 1 aromatic rings. The Balaban J connectivity index is 1.75. The van der Waals surface area contributed by atoms with Crippen molar-refractivity contribution in [3.05, 3.63) is 35.4 Å². The van der Waals surface area contributed by atoms with Gasteiger partial charge in [0.25, 0.3) is 11.8 Å². The molecule has 1 heterocycles. The standard InChI is InChI=1S/C23H32N4O5/c1-15-7-6-8-16(13-15)9-10-23(11-12-23)20(30)25(4)17(18(28)24-32)14-27-19(29)22(2,3)26(5)21(27)31/h6-8,13,17,32H,9-12,14H2,1-5H3,(H,24,28). The predicted molar refractivity (Wildman–Crippen MR) is 117 cm³/mol. The number of carbonyl (C=O) groups is 4. The van der Waals surface area contributed by atoms with E-state index in [4.69, 9.17) is 0 Å². The van der Waals surface area contributed by atoms with Crippen LogP contribution in [-0.4, -0.2) is 75.9 Å². The number of benzene rings is 1. The molecule has 0 radical (unpaired) electrons. The molecule has 0 bridgehead atoms. The van der Waals surface area contributed by atoms with Crippen molar-refractivity contribution >= 4 is 23.8 Å². The highest BCUT2D eigenvalue weighted by Gasteiger charge is 2.54. The summed E-state index contributed by atoms with van der Waals surface area (Å²) in [6, 6.07) is 6.39. The average Bonchev–Trinajstić information content (AvgIpc) is 3.54. The Morgan fingerprint density at radius 3 is 2.41 bits per heavy atom. The summed E-state index contributed by atoms with van der Waals surface area (Å²) >= 11 is 0. The summed E-state index contributed by atoms with van der Waals surface area (Å²) in [7, 11) is 3.00. The second-order valence-electron chi connectivity index (χ2n) is 9.49. The van der Waals surface area contributed by atoms with Crippen LogP contribution in [0.2, 0.25) is 0 Å². The predicted octanol–water partition coefficient (Wildman–Crippen LogP) is 1.71. The number of hydrogen-bond donors (Lipinski definition) is 2. The number of rotatable bonds is 8. The Morgan fingerprint density at radius 2 is 1.91 bits per heavy atom. The highest BCUT2D eigenvalue weighted by Crippen LogP contribution is 2.51. The van der Waals surface area contributed by atoms with E-state index in [2.05, 4.69) is 6.07 Å². The summed E-state index contributed by atoms with van der Waals surface area (Å²) in [5.41, 5.74) is 2.26. The number of imide groups is 1. The van der Waals surface area contributed by atoms with E-state index in [1.54, 1.807) is 19.3 Å². The lowest BCUT2D eigenvalue weighted by Gasteiger charge is -2.32. The van der Waals surface area contributed by atoms with Crippen molar-refractivity contribution in [2.75, 3.05) is 20.6 Å². The molecule has 5 amide bonds. The van der Waals surface area contributed by atoms with Gasteiger partial charge in [-0.2, -0.15) is 0 Å². The zero-order chi connectivity index (χ0) is 23.8. The van der Waals surface area contributed by atoms with E-state index >= 15 is 0 Å². The van der Waals surface area contributed by atoms with E-state index in [9.17, 15) is 24.4 Å². The minimum atomic E-state index is -1.20. The van der Waals surface area contributed by atoms with E-state index in [-0.39, 0.29) is 12.5 Å². The summed E-state index contributed by atoms with van der Waals surface area (Å²) in [4.78, 5) is 54.7. The molecule has 0 spiro atoms. The van der Waals surface area contributed by atoms with Gasteiger partial charge in [-0.25, -0.2) is 10.3 Å². The zero-order valence-electron chi connectivity index (χ0n) is 19.3. The Labute approximate surface area is 188 Å². The third-order valence-electron chi connectivity index (χ3n) is 6.96. The van der Waals surface area contributed by atoms with Crippen LogP contribution in [0.25, 0.3) is 0 Å². The first kappa shape index (κ1) is 23.7.